The maximum Gasteiger partial charge on any atom is 0.324 e. The summed E-state index contributed by atoms with van der Waals surface area (Å²) in [6.45, 7) is 1.37. The number of rotatable bonds is 4. The Kier molecular flexibility index (Phi) is 3.77. The van der Waals surface area contributed by atoms with E-state index in [0.29, 0.717) is 31.3 Å². The Hall–Kier alpha value is -1.59. The Labute approximate surface area is 136 Å². The van der Waals surface area contributed by atoms with Crippen molar-refractivity contribution in [3.63, 3.8) is 0 Å². The largest absolute Gasteiger partial charge is 0.339 e. The molecule has 2 saturated carbocycles. The summed E-state index contributed by atoms with van der Waals surface area (Å²) in [6.07, 6.45) is 7.37. The molecule has 0 aromatic heterocycles. The number of carbonyl (C=O) groups excluding carboxylic acids is 3. The lowest BCUT2D eigenvalue weighted by atomic mass is 9.68. The quantitative estimate of drug-likeness (QED) is 0.795. The van der Waals surface area contributed by atoms with Crippen molar-refractivity contribution in [1.82, 2.24) is 15.1 Å². The van der Waals surface area contributed by atoms with E-state index in [4.69, 9.17) is 0 Å². The van der Waals surface area contributed by atoms with E-state index in [1.54, 1.807) is 0 Å². The molecule has 0 radical (unpaired) electrons. The average molecular weight is 319 g/mol. The molecule has 0 aromatic rings. The van der Waals surface area contributed by atoms with E-state index in [1.807, 2.05) is 0 Å². The van der Waals surface area contributed by atoms with Crippen molar-refractivity contribution in [3.05, 3.63) is 0 Å². The molecule has 5 rings (SSSR count). The number of nitrogens with zero attached hydrogens (tertiary/aromatic N) is 2. The Morgan fingerprint density at radius 3 is 2.39 bits per heavy atom. The van der Waals surface area contributed by atoms with Gasteiger partial charge in [0.1, 0.15) is 0 Å². The molecule has 4 amide bonds. The van der Waals surface area contributed by atoms with Crippen molar-refractivity contribution in [2.45, 2.75) is 51.0 Å². The van der Waals surface area contributed by atoms with Crippen LogP contribution in [0.25, 0.3) is 0 Å². The average Bonchev–Trinajstić information content (AvgIpc) is 2.70. The number of urea groups is 1. The summed E-state index contributed by atoms with van der Waals surface area (Å²) in [6, 6.07) is 0.114. The zero-order chi connectivity index (χ0) is 16.0. The van der Waals surface area contributed by atoms with Gasteiger partial charge in [-0.05, 0) is 56.3 Å². The normalized spacial score (nSPS) is 35.7. The number of amides is 4. The lowest BCUT2D eigenvalue weighted by Gasteiger charge is -2.39. The molecule has 0 spiro atoms. The van der Waals surface area contributed by atoms with Crippen molar-refractivity contribution < 1.29 is 14.4 Å². The van der Waals surface area contributed by atoms with Gasteiger partial charge in [0.25, 0.3) is 0 Å². The molecule has 4 bridgehead atoms. The summed E-state index contributed by atoms with van der Waals surface area (Å²) in [5, 5.41) is 2.51. The zero-order valence-electron chi connectivity index (χ0n) is 13.5. The second-order valence-electron chi connectivity index (χ2n) is 7.78. The highest BCUT2D eigenvalue weighted by molar-refractivity contribution is 6.01. The predicted molar refractivity (Wildman–Crippen MR) is 83.4 cm³/mol. The van der Waals surface area contributed by atoms with Crippen LogP contribution in [0.3, 0.4) is 0 Å². The van der Waals surface area contributed by atoms with Crippen LogP contribution in [-0.4, -0.2) is 53.3 Å². The van der Waals surface area contributed by atoms with Gasteiger partial charge in [-0.2, -0.15) is 0 Å². The van der Waals surface area contributed by atoms with Crippen molar-refractivity contribution in [2.75, 3.05) is 19.6 Å². The molecule has 2 atom stereocenters. The number of nitrogens with one attached hydrogen (secondary N) is 1. The third kappa shape index (κ3) is 2.83. The van der Waals surface area contributed by atoms with Crippen LogP contribution >= 0.6 is 0 Å². The highest BCUT2D eigenvalue weighted by Crippen LogP contribution is 2.47. The molecule has 3 saturated heterocycles. The molecule has 126 valence electrons. The number of imide groups is 1. The van der Waals surface area contributed by atoms with Gasteiger partial charge in [0.05, 0.1) is 6.54 Å². The van der Waals surface area contributed by atoms with E-state index >= 15 is 0 Å². The van der Waals surface area contributed by atoms with Crippen LogP contribution in [0.2, 0.25) is 0 Å². The van der Waals surface area contributed by atoms with E-state index in [-0.39, 0.29) is 24.4 Å². The first-order valence-electron chi connectivity index (χ1n) is 8.98. The first-order chi connectivity index (χ1) is 11.1. The Morgan fingerprint density at radius 2 is 1.74 bits per heavy atom. The molecule has 6 nitrogen and oxygen atoms in total. The molecule has 2 aliphatic carbocycles. The van der Waals surface area contributed by atoms with E-state index in [0.717, 1.165) is 18.4 Å². The van der Waals surface area contributed by atoms with Crippen LogP contribution in [0.15, 0.2) is 0 Å². The molecule has 0 aromatic carbocycles. The fourth-order valence-corrected chi connectivity index (χ4v) is 5.30. The number of fused-ring (bicyclic) bond motifs is 1. The topological polar surface area (TPSA) is 69.7 Å². The van der Waals surface area contributed by atoms with Gasteiger partial charge in [-0.15, -0.1) is 0 Å². The highest BCUT2D eigenvalue weighted by atomic mass is 16.2. The minimum atomic E-state index is -0.326. The van der Waals surface area contributed by atoms with Gasteiger partial charge in [0.2, 0.25) is 11.8 Å². The minimum Gasteiger partial charge on any atom is -0.339 e. The second-order valence-corrected chi connectivity index (χ2v) is 7.78. The van der Waals surface area contributed by atoms with E-state index < -0.39 is 0 Å². The van der Waals surface area contributed by atoms with Crippen LogP contribution in [0.5, 0.6) is 0 Å². The van der Waals surface area contributed by atoms with Gasteiger partial charge in [0.15, 0.2) is 0 Å². The number of hydrogen-bond donors (Lipinski definition) is 1. The number of carbonyl (C=O) groups is 3. The van der Waals surface area contributed by atoms with Crippen molar-refractivity contribution in [2.24, 2.45) is 17.8 Å². The SMILES string of the molecule is O=C1CNC(=O)N1CCCC(=O)N1CC2CC3CC(C2)CC1C3. The molecule has 2 unspecified atom stereocenters. The number of hydrogen-bond acceptors (Lipinski definition) is 3. The molecule has 3 heterocycles. The van der Waals surface area contributed by atoms with Crippen LogP contribution in [0.1, 0.15) is 44.9 Å². The maximum absolute atomic E-state index is 12.7. The summed E-state index contributed by atoms with van der Waals surface area (Å²) in [5.74, 6) is 2.40. The van der Waals surface area contributed by atoms with Gasteiger partial charge in [-0.3, -0.25) is 14.5 Å². The van der Waals surface area contributed by atoms with E-state index in [1.165, 1.54) is 37.0 Å². The Morgan fingerprint density at radius 1 is 1.04 bits per heavy atom. The smallest absolute Gasteiger partial charge is 0.324 e. The van der Waals surface area contributed by atoms with Gasteiger partial charge in [-0.25, -0.2) is 4.79 Å². The summed E-state index contributed by atoms with van der Waals surface area (Å²) in [7, 11) is 0. The Balaban J connectivity index is 1.32. The van der Waals surface area contributed by atoms with E-state index in [9.17, 15) is 14.4 Å². The summed E-state index contributed by atoms with van der Waals surface area (Å²) in [4.78, 5) is 39.1. The van der Waals surface area contributed by atoms with E-state index in [2.05, 4.69) is 10.2 Å². The molecular formula is C17H25N3O3. The summed E-state index contributed by atoms with van der Waals surface area (Å²) >= 11 is 0. The van der Waals surface area contributed by atoms with Gasteiger partial charge in [0, 0.05) is 25.6 Å². The molecule has 5 fully saturated rings. The standard InChI is InChI=1S/C17H25N3O3/c21-15(2-1-3-19-16(22)9-18-17(19)23)20-10-13-5-11-4-12(6-13)8-14(20)7-11/h11-14H,1-10H2,(H,18,23). The van der Waals surface area contributed by atoms with Crippen LogP contribution in [0, 0.1) is 17.8 Å². The lowest BCUT2D eigenvalue weighted by Crippen LogP contribution is -2.42. The van der Waals surface area contributed by atoms with Crippen molar-refractivity contribution >= 4 is 17.8 Å². The molecule has 23 heavy (non-hydrogen) atoms. The minimum absolute atomic E-state index is 0.0887. The molecule has 5 aliphatic rings. The lowest BCUT2D eigenvalue weighted by molar-refractivity contribution is -0.134. The molecular weight excluding hydrogens is 294 g/mol. The molecule has 6 heteroatoms. The van der Waals surface area contributed by atoms with Gasteiger partial charge >= 0.3 is 6.03 Å². The summed E-state index contributed by atoms with van der Waals surface area (Å²) in [5.41, 5.74) is 0. The first-order valence-corrected chi connectivity index (χ1v) is 8.98. The zero-order valence-corrected chi connectivity index (χ0v) is 13.5. The van der Waals surface area contributed by atoms with Crippen LogP contribution in [-0.2, 0) is 9.59 Å². The Bertz CT molecular complexity index is 505. The highest BCUT2D eigenvalue weighted by Gasteiger charge is 2.43. The summed E-state index contributed by atoms with van der Waals surface area (Å²) < 4.78 is 0. The fraction of sp³-hybridized carbons (Fsp3) is 0.824. The molecule has 3 aliphatic heterocycles. The van der Waals surface area contributed by atoms with Gasteiger partial charge in [-0.1, -0.05) is 0 Å². The predicted octanol–water partition coefficient (Wildman–Crippen LogP) is 1.36. The molecule has 1 N–H and O–H groups in total. The third-order valence-corrected chi connectivity index (χ3v) is 6.14. The second kappa shape index (κ2) is 5.80. The first kappa shape index (κ1) is 15.0. The van der Waals surface area contributed by atoms with Crippen LogP contribution < -0.4 is 5.32 Å². The van der Waals surface area contributed by atoms with Crippen LogP contribution in [0.4, 0.5) is 4.79 Å². The monoisotopic (exact) mass is 319 g/mol. The van der Waals surface area contributed by atoms with Crippen molar-refractivity contribution in [1.29, 1.82) is 0 Å². The van der Waals surface area contributed by atoms with Crippen molar-refractivity contribution in [3.8, 4) is 0 Å². The fourth-order valence-electron chi connectivity index (χ4n) is 5.30. The van der Waals surface area contributed by atoms with Gasteiger partial charge < -0.3 is 10.2 Å². The third-order valence-electron chi connectivity index (χ3n) is 6.14. The maximum atomic E-state index is 12.7.